The Hall–Kier alpha value is -1.13. The smallest absolute Gasteiger partial charge is 0.0660 e. The summed E-state index contributed by atoms with van der Waals surface area (Å²) in [6.45, 7) is 2.17. The highest BCUT2D eigenvalue weighted by atomic mass is 79.9. The third kappa shape index (κ3) is 2.18. The molecule has 3 nitrogen and oxygen atoms in total. The van der Waals surface area contributed by atoms with Gasteiger partial charge in [-0.3, -0.25) is 0 Å². The predicted molar refractivity (Wildman–Crippen MR) is 66.8 cm³/mol. The lowest BCUT2D eigenvalue weighted by atomic mass is 10.2. The summed E-state index contributed by atoms with van der Waals surface area (Å²) in [6, 6.07) is 7.99. The van der Waals surface area contributed by atoms with E-state index in [1.165, 1.54) is 0 Å². The number of aliphatic hydroxyl groups is 1. The number of aliphatic hydroxyl groups excluding tert-OH is 1. The van der Waals surface area contributed by atoms with E-state index >= 15 is 0 Å². The van der Waals surface area contributed by atoms with Crippen molar-refractivity contribution in [2.24, 2.45) is 0 Å². The lowest BCUT2D eigenvalue weighted by Crippen LogP contribution is -2.00. The van der Waals surface area contributed by atoms with E-state index in [4.69, 9.17) is 5.11 Å². The van der Waals surface area contributed by atoms with Gasteiger partial charge in [-0.2, -0.15) is 5.10 Å². The van der Waals surface area contributed by atoms with E-state index < -0.39 is 0 Å². The van der Waals surface area contributed by atoms with Gasteiger partial charge in [0.25, 0.3) is 0 Å². The lowest BCUT2D eigenvalue weighted by Gasteiger charge is -2.05. The monoisotopic (exact) mass is 280 g/mol. The maximum absolute atomic E-state index is 8.92. The standard InChI is InChI=1S/C12H13BrN2O/c1-9-10(5-6-16)8-14-15(9)12-4-2-3-11(13)7-12/h2-4,7-8,16H,5-6H2,1H3. The molecule has 1 aromatic carbocycles. The molecule has 0 fully saturated rings. The number of aromatic nitrogens is 2. The minimum Gasteiger partial charge on any atom is -0.396 e. The number of hydrogen-bond acceptors (Lipinski definition) is 2. The van der Waals surface area contributed by atoms with Crippen molar-refractivity contribution in [3.05, 3.63) is 46.2 Å². The fraction of sp³-hybridized carbons (Fsp3) is 0.250. The maximum atomic E-state index is 8.92. The van der Waals surface area contributed by atoms with E-state index in [9.17, 15) is 0 Å². The molecule has 0 atom stereocenters. The SMILES string of the molecule is Cc1c(CCO)cnn1-c1cccc(Br)c1. The van der Waals surface area contributed by atoms with E-state index in [2.05, 4.69) is 21.0 Å². The molecule has 0 spiro atoms. The first kappa shape index (κ1) is 11.4. The van der Waals surface area contributed by atoms with Crippen LogP contribution in [0, 0.1) is 6.92 Å². The molecule has 0 aliphatic rings. The van der Waals surface area contributed by atoms with Gasteiger partial charge in [-0.1, -0.05) is 22.0 Å². The molecular formula is C12H13BrN2O. The maximum Gasteiger partial charge on any atom is 0.0660 e. The van der Waals surface area contributed by atoms with E-state index in [0.29, 0.717) is 6.42 Å². The third-order valence-corrected chi connectivity index (χ3v) is 3.04. The molecule has 1 heterocycles. The molecule has 0 saturated carbocycles. The van der Waals surface area contributed by atoms with Crippen molar-refractivity contribution in [1.29, 1.82) is 0 Å². The molecule has 1 N–H and O–H groups in total. The highest BCUT2D eigenvalue weighted by Gasteiger charge is 2.07. The van der Waals surface area contributed by atoms with Crippen LogP contribution in [0.15, 0.2) is 34.9 Å². The van der Waals surface area contributed by atoms with Crippen LogP contribution in [0.2, 0.25) is 0 Å². The molecule has 0 aliphatic carbocycles. The molecule has 84 valence electrons. The molecule has 0 saturated heterocycles. The first-order valence-electron chi connectivity index (χ1n) is 5.12. The number of nitrogens with zero attached hydrogens (tertiary/aromatic N) is 2. The van der Waals surface area contributed by atoms with Gasteiger partial charge in [0.05, 0.1) is 11.9 Å². The Morgan fingerprint density at radius 1 is 1.44 bits per heavy atom. The summed E-state index contributed by atoms with van der Waals surface area (Å²) in [5.41, 5.74) is 3.19. The summed E-state index contributed by atoms with van der Waals surface area (Å²) in [5.74, 6) is 0. The minimum atomic E-state index is 0.158. The normalized spacial score (nSPS) is 10.7. The van der Waals surface area contributed by atoms with Crippen molar-refractivity contribution in [2.45, 2.75) is 13.3 Å². The Morgan fingerprint density at radius 3 is 2.94 bits per heavy atom. The van der Waals surface area contributed by atoms with E-state index in [0.717, 1.165) is 21.4 Å². The largest absolute Gasteiger partial charge is 0.396 e. The van der Waals surface area contributed by atoms with Crippen LogP contribution in [0.4, 0.5) is 0 Å². The quantitative estimate of drug-likeness (QED) is 0.938. The molecule has 2 rings (SSSR count). The molecule has 16 heavy (non-hydrogen) atoms. The van der Waals surface area contributed by atoms with Crippen molar-refractivity contribution in [1.82, 2.24) is 9.78 Å². The number of rotatable bonds is 3. The summed E-state index contributed by atoms with van der Waals surface area (Å²) >= 11 is 3.44. The molecule has 0 radical (unpaired) electrons. The molecular weight excluding hydrogens is 268 g/mol. The van der Waals surface area contributed by atoms with Crippen LogP contribution in [-0.2, 0) is 6.42 Å². The van der Waals surface area contributed by atoms with Crippen LogP contribution in [0.1, 0.15) is 11.3 Å². The van der Waals surface area contributed by atoms with E-state index in [1.807, 2.05) is 42.1 Å². The average Bonchev–Trinajstić information content (AvgIpc) is 2.61. The van der Waals surface area contributed by atoms with E-state index in [1.54, 1.807) is 0 Å². The number of benzene rings is 1. The second-order valence-corrected chi connectivity index (χ2v) is 4.54. The molecule has 0 unspecified atom stereocenters. The molecule has 4 heteroatoms. The fourth-order valence-corrected chi connectivity index (χ4v) is 2.06. The van der Waals surface area contributed by atoms with Gasteiger partial charge in [0.1, 0.15) is 0 Å². The van der Waals surface area contributed by atoms with Crippen LogP contribution < -0.4 is 0 Å². The van der Waals surface area contributed by atoms with Crippen LogP contribution in [0.3, 0.4) is 0 Å². The zero-order chi connectivity index (χ0) is 11.5. The number of halogens is 1. The van der Waals surface area contributed by atoms with Crippen LogP contribution in [-0.4, -0.2) is 21.5 Å². The van der Waals surface area contributed by atoms with Gasteiger partial charge in [0.2, 0.25) is 0 Å². The summed E-state index contributed by atoms with van der Waals surface area (Å²) in [5, 5.41) is 13.3. The van der Waals surface area contributed by atoms with E-state index in [-0.39, 0.29) is 6.61 Å². The topological polar surface area (TPSA) is 38.1 Å². The summed E-state index contributed by atoms with van der Waals surface area (Å²) < 4.78 is 2.92. The zero-order valence-electron chi connectivity index (χ0n) is 9.02. The van der Waals surface area contributed by atoms with Gasteiger partial charge in [-0.15, -0.1) is 0 Å². The predicted octanol–water partition coefficient (Wildman–Crippen LogP) is 2.48. The van der Waals surface area contributed by atoms with Crippen molar-refractivity contribution in [3.63, 3.8) is 0 Å². The van der Waals surface area contributed by atoms with Crippen LogP contribution in [0.5, 0.6) is 0 Å². The third-order valence-electron chi connectivity index (χ3n) is 2.55. The van der Waals surface area contributed by atoms with Crippen LogP contribution >= 0.6 is 15.9 Å². The second kappa shape index (κ2) is 4.80. The van der Waals surface area contributed by atoms with Gasteiger partial charge >= 0.3 is 0 Å². The minimum absolute atomic E-state index is 0.158. The molecule has 0 bridgehead atoms. The van der Waals surface area contributed by atoms with Crippen molar-refractivity contribution in [2.75, 3.05) is 6.61 Å². The highest BCUT2D eigenvalue weighted by molar-refractivity contribution is 9.10. The van der Waals surface area contributed by atoms with Crippen molar-refractivity contribution in [3.8, 4) is 5.69 Å². The Labute approximate surface area is 103 Å². The molecule has 0 aliphatic heterocycles. The zero-order valence-corrected chi connectivity index (χ0v) is 10.6. The van der Waals surface area contributed by atoms with Gasteiger partial charge < -0.3 is 5.11 Å². The van der Waals surface area contributed by atoms with Gasteiger partial charge in [0.15, 0.2) is 0 Å². The lowest BCUT2D eigenvalue weighted by molar-refractivity contribution is 0.299. The van der Waals surface area contributed by atoms with Crippen molar-refractivity contribution < 1.29 is 5.11 Å². The Morgan fingerprint density at radius 2 is 2.25 bits per heavy atom. The first-order valence-corrected chi connectivity index (χ1v) is 5.92. The molecule has 2 aromatic rings. The average molecular weight is 281 g/mol. The Balaban J connectivity index is 2.41. The van der Waals surface area contributed by atoms with Gasteiger partial charge in [0, 0.05) is 16.8 Å². The summed E-state index contributed by atoms with van der Waals surface area (Å²) in [7, 11) is 0. The Kier molecular flexibility index (Phi) is 3.41. The van der Waals surface area contributed by atoms with Crippen LogP contribution in [0.25, 0.3) is 5.69 Å². The molecule has 0 amide bonds. The highest BCUT2D eigenvalue weighted by Crippen LogP contribution is 2.18. The summed E-state index contributed by atoms with van der Waals surface area (Å²) in [6.07, 6.45) is 2.46. The first-order chi connectivity index (χ1) is 7.72. The number of hydrogen-bond donors (Lipinski definition) is 1. The Bertz CT molecular complexity index is 494. The second-order valence-electron chi connectivity index (χ2n) is 3.62. The summed E-state index contributed by atoms with van der Waals surface area (Å²) in [4.78, 5) is 0. The van der Waals surface area contributed by atoms with Gasteiger partial charge in [-0.05, 0) is 37.1 Å². The molecule has 1 aromatic heterocycles. The fourth-order valence-electron chi connectivity index (χ4n) is 1.68. The van der Waals surface area contributed by atoms with Crippen molar-refractivity contribution >= 4 is 15.9 Å². The van der Waals surface area contributed by atoms with Gasteiger partial charge in [-0.25, -0.2) is 4.68 Å².